The third kappa shape index (κ3) is 33.1. The van der Waals surface area contributed by atoms with Crippen LogP contribution in [-0.4, -0.2) is 13.2 Å². The SMILES string of the molecule is CCCCC(CC)COP(=O)([O-])OCC(CC)CCCC.CCCCCCCCCCCCCCCCC[CH2][Ni+]. The van der Waals surface area contributed by atoms with Gasteiger partial charge in [0.05, 0.1) is 13.2 Å². The summed E-state index contributed by atoms with van der Waals surface area (Å²) in [4.78, 5) is 11.8. The van der Waals surface area contributed by atoms with Gasteiger partial charge in [0.25, 0.3) is 7.82 Å². The Bertz CT molecular complexity index is 480. The Hall–Kier alpha value is 0.604. The van der Waals surface area contributed by atoms with Crippen LogP contribution in [0.25, 0.3) is 0 Å². The van der Waals surface area contributed by atoms with Crippen LogP contribution in [0.4, 0.5) is 0 Å². The van der Waals surface area contributed by atoms with Crippen molar-refractivity contribution in [2.75, 3.05) is 13.2 Å². The molecule has 40 heavy (non-hydrogen) atoms. The maximum atomic E-state index is 11.8. The van der Waals surface area contributed by atoms with Crippen LogP contribution in [0.5, 0.6) is 0 Å². The summed E-state index contributed by atoms with van der Waals surface area (Å²) in [6.07, 6.45) is 31.4. The van der Waals surface area contributed by atoms with Gasteiger partial charge >= 0.3 is 91.5 Å². The first kappa shape index (κ1) is 42.7. The van der Waals surface area contributed by atoms with E-state index in [9.17, 15) is 9.46 Å². The van der Waals surface area contributed by atoms with Crippen LogP contribution in [0.1, 0.15) is 189 Å². The standard InChI is InChI=1S/C18H37.C16H35O4P.Ni/c1-3-5-7-9-11-13-15-17-18-16-14-12-10-8-6-4-2;1-5-9-11-15(7-3)13-19-21(17,18)20-14-16(8-4)12-10-6-2;/h1,3-18H2,2H3;15-16H,5-14H2,1-4H3,(H,17,18);/q;;+1/p-1. The van der Waals surface area contributed by atoms with Crippen LogP contribution in [0, 0.1) is 11.8 Å². The number of phosphoric ester groups is 1. The first-order valence-electron chi connectivity index (χ1n) is 17.5. The first-order valence-corrected chi connectivity index (χ1v) is 19.7. The molecule has 0 saturated heterocycles. The number of unbranched alkanes of at least 4 members (excludes halogenated alkanes) is 17. The van der Waals surface area contributed by atoms with Gasteiger partial charge in [-0.25, -0.2) is 0 Å². The van der Waals surface area contributed by atoms with Crippen molar-refractivity contribution in [2.45, 2.75) is 194 Å². The molecule has 0 heterocycles. The summed E-state index contributed by atoms with van der Waals surface area (Å²) in [5, 5.41) is 0.998. The zero-order chi connectivity index (χ0) is 30.2. The number of hydrogen-bond donors (Lipinski definition) is 0. The van der Waals surface area contributed by atoms with Gasteiger partial charge in [0.1, 0.15) is 0 Å². The second kappa shape index (κ2) is 34.1. The quantitative estimate of drug-likeness (QED) is 0.0449. The van der Waals surface area contributed by atoms with E-state index in [4.69, 9.17) is 9.05 Å². The van der Waals surface area contributed by atoms with Crippen molar-refractivity contribution in [1.29, 1.82) is 0 Å². The number of rotatable bonds is 30. The maximum absolute atomic E-state index is 11.8. The van der Waals surface area contributed by atoms with Gasteiger partial charge in [-0.1, -0.05) is 105 Å². The van der Waals surface area contributed by atoms with Gasteiger partial charge in [-0.15, -0.1) is 0 Å². The molecule has 0 aromatic rings. The Kier molecular flexibility index (Phi) is 36.4. The molecular weight excluding hydrogens is 562 g/mol. The predicted octanol–water partition coefficient (Wildman–Crippen LogP) is 12.1. The van der Waals surface area contributed by atoms with Gasteiger partial charge in [-0.3, -0.25) is 4.57 Å². The molecule has 2 unspecified atom stereocenters. The summed E-state index contributed by atoms with van der Waals surface area (Å²) in [6, 6.07) is 0. The Labute approximate surface area is 260 Å². The van der Waals surface area contributed by atoms with Gasteiger partial charge in [0.2, 0.25) is 0 Å². The molecule has 4 nitrogen and oxygen atoms in total. The minimum atomic E-state index is -4.14. The molecule has 0 radical (unpaired) electrons. The van der Waals surface area contributed by atoms with Crippen molar-refractivity contribution in [1.82, 2.24) is 0 Å². The molecule has 0 rings (SSSR count). The predicted molar refractivity (Wildman–Crippen MR) is 170 cm³/mol. The molecule has 6 heteroatoms. The van der Waals surface area contributed by atoms with Gasteiger partial charge in [-0.2, -0.15) is 0 Å². The van der Waals surface area contributed by atoms with E-state index >= 15 is 0 Å². The summed E-state index contributed by atoms with van der Waals surface area (Å²) in [6.45, 7) is 11.2. The zero-order valence-electron chi connectivity index (χ0n) is 27.6. The second-order valence-corrected chi connectivity index (χ2v) is 13.7. The monoisotopic (exact) mass is 632 g/mol. The van der Waals surface area contributed by atoms with Gasteiger partial charge in [-0.05, 0) is 24.7 Å². The van der Waals surface area contributed by atoms with Crippen molar-refractivity contribution >= 4 is 7.82 Å². The van der Waals surface area contributed by atoms with E-state index in [2.05, 4.69) is 50.1 Å². The molecule has 0 saturated carbocycles. The summed E-state index contributed by atoms with van der Waals surface area (Å²) >= 11 is 4.69. The van der Waals surface area contributed by atoms with E-state index in [1.54, 1.807) is 0 Å². The van der Waals surface area contributed by atoms with E-state index in [0.29, 0.717) is 11.8 Å². The third-order valence-corrected chi connectivity index (χ3v) is 9.27. The summed E-state index contributed by atoms with van der Waals surface area (Å²) in [5.74, 6) is 0.607. The van der Waals surface area contributed by atoms with E-state index < -0.39 is 7.82 Å². The average Bonchev–Trinajstić information content (AvgIpc) is 2.95. The molecule has 0 bridgehead atoms. The molecular formula is C34H71NiO4P. The third-order valence-electron chi connectivity index (χ3n) is 7.99. The van der Waals surface area contributed by atoms with Crippen molar-refractivity contribution in [2.24, 2.45) is 11.8 Å². The summed E-state index contributed by atoms with van der Waals surface area (Å²) in [5.41, 5.74) is 0. The Morgan fingerprint density at radius 3 is 1.10 bits per heavy atom. The van der Waals surface area contributed by atoms with E-state index in [1.165, 1.54) is 103 Å². The van der Waals surface area contributed by atoms with Gasteiger partial charge < -0.3 is 13.9 Å². The molecule has 2 atom stereocenters. The topological polar surface area (TPSA) is 58.6 Å². The molecule has 246 valence electrons. The molecule has 0 aliphatic heterocycles. The molecule has 0 N–H and O–H groups in total. The Morgan fingerprint density at radius 1 is 0.525 bits per heavy atom. The fraction of sp³-hybridized carbons (Fsp3) is 1.00. The molecule has 0 aromatic carbocycles. The van der Waals surface area contributed by atoms with E-state index in [0.717, 1.165) is 56.8 Å². The van der Waals surface area contributed by atoms with Crippen LogP contribution in [0.2, 0.25) is 5.39 Å². The molecule has 0 fully saturated rings. The summed E-state index contributed by atoms with van der Waals surface area (Å²) < 4.78 is 21.9. The fourth-order valence-electron chi connectivity index (χ4n) is 4.85. The second-order valence-electron chi connectivity index (χ2n) is 11.8. The molecule has 0 amide bonds. The van der Waals surface area contributed by atoms with Crippen molar-refractivity contribution in [3.8, 4) is 0 Å². The molecule has 0 spiro atoms. The van der Waals surface area contributed by atoms with E-state index in [-0.39, 0.29) is 13.2 Å². The first-order chi connectivity index (χ1) is 19.4. The van der Waals surface area contributed by atoms with Crippen LogP contribution in [0.15, 0.2) is 0 Å². The fourth-order valence-corrected chi connectivity index (χ4v) is 5.96. The number of hydrogen-bond acceptors (Lipinski definition) is 4. The van der Waals surface area contributed by atoms with Crippen LogP contribution < -0.4 is 4.89 Å². The molecule has 0 aromatic heterocycles. The zero-order valence-corrected chi connectivity index (χ0v) is 29.5. The summed E-state index contributed by atoms with van der Waals surface area (Å²) in [7, 11) is -4.14. The van der Waals surface area contributed by atoms with Crippen LogP contribution in [0.3, 0.4) is 0 Å². The Morgan fingerprint density at radius 2 is 0.825 bits per heavy atom. The number of phosphoric acid groups is 1. The average molecular weight is 634 g/mol. The van der Waals surface area contributed by atoms with E-state index in [1.807, 2.05) is 0 Å². The molecule has 0 aliphatic carbocycles. The van der Waals surface area contributed by atoms with Crippen molar-refractivity contribution in [3.63, 3.8) is 0 Å². The van der Waals surface area contributed by atoms with Gasteiger partial charge in [0.15, 0.2) is 0 Å². The Balaban J connectivity index is 0. The molecule has 0 aliphatic rings. The van der Waals surface area contributed by atoms with Crippen molar-refractivity contribution < 1.29 is 34.0 Å². The van der Waals surface area contributed by atoms with Crippen LogP contribution >= 0.6 is 7.82 Å². The van der Waals surface area contributed by atoms with Gasteiger partial charge in [0, 0.05) is 0 Å². The van der Waals surface area contributed by atoms with Crippen molar-refractivity contribution in [3.05, 3.63) is 0 Å². The normalized spacial score (nSPS) is 14.4. The minimum absolute atomic E-state index is 0.253. The van der Waals surface area contributed by atoms with Crippen LogP contribution in [-0.2, 0) is 29.1 Å².